The summed E-state index contributed by atoms with van der Waals surface area (Å²) in [4.78, 5) is 20.7. The first-order chi connectivity index (χ1) is 27.8. The molecule has 0 saturated heterocycles. The van der Waals surface area contributed by atoms with Gasteiger partial charge in [0.1, 0.15) is 0 Å². The van der Waals surface area contributed by atoms with Gasteiger partial charge in [0.15, 0.2) is 11.6 Å². The Hall–Kier alpha value is -7.70. The van der Waals surface area contributed by atoms with E-state index in [0.29, 0.717) is 17.6 Å². The van der Waals surface area contributed by atoms with E-state index in [4.69, 9.17) is 19.9 Å². The fraction of sp³-hybridized carbons (Fsp3) is 0. The minimum absolute atomic E-state index is 0.556. The lowest BCUT2D eigenvalue weighted by Crippen LogP contribution is -2.06. The van der Waals surface area contributed by atoms with E-state index >= 15 is 0 Å². The van der Waals surface area contributed by atoms with E-state index in [2.05, 4.69) is 137 Å². The van der Waals surface area contributed by atoms with E-state index in [1.54, 1.807) is 0 Å². The molecule has 11 rings (SSSR count). The van der Waals surface area contributed by atoms with Crippen molar-refractivity contribution in [3.8, 4) is 56.9 Å². The number of aromatic nitrogens is 6. The highest BCUT2D eigenvalue weighted by Crippen LogP contribution is 2.42. The summed E-state index contributed by atoms with van der Waals surface area (Å²) in [6, 6.07) is 67.2. The van der Waals surface area contributed by atoms with Crippen molar-refractivity contribution in [2.45, 2.75) is 0 Å². The molecule has 0 unspecified atom stereocenters. The molecule has 6 nitrogen and oxygen atoms in total. The fourth-order valence-electron chi connectivity index (χ4n) is 8.08. The molecule has 4 aromatic heterocycles. The van der Waals surface area contributed by atoms with Gasteiger partial charge in [-0.15, -0.1) is 0 Å². The Labute approximate surface area is 322 Å². The van der Waals surface area contributed by atoms with Crippen molar-refractivity contribution in [1.82, 2.24) is 29.1 Å². The summed E-state index contributed by atoms with van der Waals surface area (Å²) in [7, 11) is 0. The van der Waals surface area contributed by atoms with E-state index in [1.807, 2.05) is 66.7 Å². The molecule has 0 aliphatic carbocycles. The first-order valence-electron chi connectivity index (χ1n) is 18.7. The third-order valence-electron chi connectivity index (χ3n) is 10.6. The molecule has 0 spiro atoms. The molecule has 0 bridgehead atoms. The van der Waals surface area contributed by atoms with Gasteiger partial charge in [-0.3, -0.25) is 4.57 Å². The monoisotopic (exact) mass is 716 g/mol. The van der Waals surface area contributed by atoms with Crippen molar-refractivity contribution in [2.24, 2.45) is 0 Å². The van der Waals surface area contributed by atoms with Crippen molar-refractivity contribution < 1.29 is 0 Å². The van der Waals surface area contributed by atoms with Gasteiger partial charge in [0.25, 0.3) is 0 Å². The average molecular weight is 717 g/mol. The zero-order valence-corrected chi connectivity index (χ0v) is 30.2. The number of hydrogen-bond acceptors (Lipinski definition) is 4. The van der Waals surface area contributed by atoms with Crippen LogP contribution in [-0.4, -0.2) is 29.1 Å². The first-order valence-corrected chi connectivity index (χ1v) is 18.7. The molecule has 0 N–H and O–H groups in total. The van der Waals surface area contributed by atoms with E-state index in [0.717, 1.165) is 66.8 Å². The molecule has 0 aliphatic heterocycles. The highest BCUT2D eigenvalue weighted by molar-refractivity contribution is 6.28. The van der Waals surface area contributed by atoms with Crippen LogP contribution >= 0.6 is 0 Å². The molecular formula is C50H32N6. The normalized spacial score (nSPS) is 11.6. The number of benzene rings is 7. The predicted octanol–water partition coefficient (Wildman–Crippen LogP) is 12.1. The molecular weight excluding hydrogens is 685 g/mol. The molecule has 0 atom stereocenters. The molecule has 6 heteroatoms. The van der Waals surface area contributed by atoms with Gasteiger partial charge in [-0.1, -0.05) is 140 Å². The van der Waals surface area contributed by atoms with Crippen LogP contribution in [0.25, 0.3) is 101 Å². The van der Waals surface area contributed by atoms with Crippen LogP contribution in [0, 0.1) is 0 Å². The van der Waals surface area contributed by atoms with Crippen LogP contribution in [0.3, 0.4) is 0 Å². The van der Waals surface area contributed by atoms with Gasteiger partial charge in [0, 0.05) is 49.5 Å². The lowest BCUT2D eigenvalue weighted by atomic mass is 10.1. The number of hydrogen-bond donors (Lipinski definition) is 0. The van der Waals surface area contributed by atoms with Crippen molar-refractivity contribution in [3.63, 3.8) is 0 Å². The van der Waals surface area contributed by atoms with Crippen LogP contribution in [0.2, 0.25) is 0 Å². The number of rotatable bonds is 6. The van der Waals surface area contributed by atoms with Crippen molar-refractivity contribution >= 4 is 43.6 Å². The van der Waals surface area contributed by atoms with Crippen molar-refractivity contribution in [3.05, 3.63) is 194 Å². The zero-order valence-electron chi connectivity index (χ0n) is 30.2. The third-order valence-corrected chi connectivity index (χ3v) is 10.6. The number of nitrogens with zero attached hydrogens (tertiary/aromatic N) is 6. The minimum atomic E-state index is 0.556. The van der Waals surface area contributed by atoms with E-state index < -0.39 is 0 Å². The summed E-state index contributed by atoms with van der Waals surface area (Å²) in [5.41, 5.74) is 11.2. The second kappa shape index (κ2) is 13.0. The zero-order chi connectivity index (χ0) is 37.0. The van der Waals surface area contributed by atoms with Gasteiger partial charge >= 0.3 is 0 Å². The van der Waals surface area contributed by atoms with Crippen LogP contribution in [-0.2, 0) is 0 Å². The molecule has 0 fully saturated rings. The Kier molecular flexibility index (Phi) is 7.38. The fourth-order valence-corrected chi connectivity index (χ4v) is 8.08. The summed E-state index contributed by atoms with van der Waals surface area (Å²) in [6.45, 7) is 0. The van der Waals surface area contributed by atoms with Crippen LogP contribution in [0.5, 0.6) is 0 Å². The van der Waals surface area contributed by atoms with Gasteiger partial charge < -0.3 is 4.57 Å². The number of pyridine rings is 1. The molecule has 4 heterocycles. The van der Waals surface area contributed by atoms with Gasteiger partial charge in [0.2, 0.25) is 5.95 Å². The van der Waals surface area contributed by atoms with Crippen LogP contribution in [0.1, 0.15) is 0 Å². The maximum atomic E-state index is 5.28. The standard InChI is InChI=1S/C50H32N6/c1-4-16-33(17-5-1)40-26-15-27-41(51-40)35-20-14-21-36(32-35)49-52-48(34-18-6-2-7-19-34)53-50(54-49)56-43-29-13-11-25-39(43)47-45(56)31-30-44-46(47)38-24-10-12-28-42(38)55(44)37-22-8-3-9-23-37/h1-32H. The van der Waals surface area contributed by atoms with Gasteiger partial charge in [-0.05, 0) is 54.6 Å². The Morgan fingerprint density at radius 1 is 0.304 bits per heavy atom. The lowest BCUT2D eigenvalue weighted by molar-refractivity contribution is 0.953. The van der Waals surface area contributed by atoms with E-state index in [-0.39, 0.29) is 0 Å². The highest BCUT2D eigenvalue weighted by atomic mass is 15.2. The quantitative estimate of drug-likeness (QED) is 0.172. The summed E-state index contributed by atoms with van der Waals surface area (Å²) in [5.74, 6) is 1.75. The second-order valence-corrected chi connectivity index (χ2v) is 13.9. The van der Waals surface area contributed by atoms with E-state index in [9.17, 15) is 0 Å². The molecule has 0 saturated carbocycles. The largest absolute Gasteiger partial charge is 0.309 e. The Bertz CT molecular complexity index is 3240. The van der Waals surface area contributed by atoms with Crippen LogP contribution in [0.4, 0.5) is 0 Å². The van der Waals surface area contributed by atoms with Crippen LogP contribution in [0.15, 0.2) is 194 Å². The average Bonchev–Trinajstić information content (AvgIpc) is 3.80. The SMILES string of the molecule is c1ccc(-c2cccc(-c3cccc(-c4nc(-c5ccccc5)nc(-n5c6ccccc6c6c7c8ccccc8n(-c8ccccc8)c7ccc65)n4)c3)n2)cc1. The minimum Gasteiger partial charge on any atom is -0.309 e. The Morgan fingerprint density at radius 2 is 0.786 bits per heavy atom. The summed E-state index contributed by atoms with van der Waals surface area (Å²) >= 11 is 0. The second-order valence-electron chi connectivity index (χ2n) is 13.9. The van der Waals surface area contributed by atoms with Gasteiger partial charge in [-0.2, -0.15) is 9.97 Å². The molecule has 0 aliphatic rings. The summed E-state index contributed by atoms with van der Waals surface area (Å²) in [5, 5.41) is 4.70. The smallest absolute Gasteiger partial charge is 0.238 e. The molecule has 0 amide bonds. The third kappa shape index (κ3) is 5.19. The maximum absolute atomic E-state index is 5.28. The topological polar surface area (TPSA) is 61.4 Å². The molecule has 56 heavy (non-hydrogen) atoms. The molecule has 11 aromatic rings. The highest BCUT2D eigenvalue weighted by Gasteiger charge is 2.22. The lowest BCUT2D eigenvalue weighted by Gasteiger charge is -2.12. The Morgan fingerprint density at radius 3 is 1.46 bits per heavy atom. The first kappa shape index (κ1) is 31.8. The summed E-state index contributed by atoms with van der Waals surface area (Å²) < 4.78 is 4.56. The molecule has 0 radical (unpaired) electrons. The van der Waals surface area contributed by atoms with Crippen molar-refractivity contribution in [1.29, 1.82) is 0 Å². The van der Waals surface area contributed by atoms with Gasteiger partial charge in [0.05, 0.1) is 33.5 Å². The number of para-hydroxylation sites is 3. The van der Waals surface area contributed by atoms with Crippen molar-refractivity contribution in [2.75, 3.05) is 0 Å². The number of fused-ring (bicyclic) bond motifs is 7. The van der Waals surface area contributed by atoms with Gasteiger partial charge in [-0.25, -0.2) is 9.97 Å². The maximum Gasteiger partial charge on any atom is 0.238 e. The Balaban J connectivity index is 1.15. The molecule has 7 aromatic carbocycles. The summed E-state index contributed by atoms with van der Waals surface area (Å²) in [6.07, 6.45) is 0. The predicted molar refractivity (Wildman–Crippen MR) is 228 cm³/mol. The molecule has 262 valence electrons. The van der Waals surface area contributed by atoms with Crippen LogP contribution < -0.4 is 0 Å². The van der Waals surface area contributed by atoms with E-state index in [1.165, 1.54) is 16.2 Å².